The van der Waals surface area contributed by atoms with Gasteiger partial charge in [0.05, 0.1) is 0 Å². The highest BCUT2D eigenvalue weighted by Gasteiger charge is 2.28. The highest BCUT2D eigenvalue weighted by Crippen LogP contribution is 2.24. The topological polar surface area (TPSA) is 50.3 Å². The first-order chi connectivity index (χ1) is 8.14. The molecule has 2 rings (SSSR count). The van der Waals surface area contributed by atoms with E-state index in [4.69, 9.17) is 0 Å². The summed E-state index contributed by atoms with van der Waals surface area (Å²) in [7, 11) is -3.34. The highest BCUT2D eigenvalue weighted by atomic mass is 79.9. The lowest BCUT2D eigenvalue weighted by Gasteiger charge is -2.30. The maximum atomic E-state index is 12.3. The van der Waals surface area contributed by atoms with Crippen LogP contribution in [0.4, 0.5) is 0 Å². The van der Waals surface area contributed by atoms with E-state index in [0.29, 0.717) is 19.0 Å². The van der Waals surface area contributed by atoms with Crippen molar-refractivity contribution in [2.45, 2.75) is 17.7 Å². The summed E-state index contributed by atoms with van der Waals surface area (Å²) >= 11 is 3.45. The number of aromatic nitrogens is 1. The molecular weight excluding hydrogens is 304 g/mol. The lowest BCUT2D eigenvalue weighted by molar-refractivity contribution is 0.292. The quantitative estimate of drug-likeness (QED) is 0.799. The Balaban J connectivity index is 2.13. The standard InChI is InChI=1S/C11H15BrN2O2S/c12-8-10-3-6-14(7-4-10)17(15,16)11-2-1-5-13-9-11/h1-2,5,9-10H,3-4,6-8H2. The van der Waals surface area contributed by atoms with Gasteiger partial charge in [0, 0.05) is 30.8 Å². The lowest BCUT2D eigenvalue weighted by atomic mass is 10.0. The molecule has 0 bridgehead atoms. The largest absolute Gasteiger partial charge is 0.263 e. The molecule has 0 aromatic carbocycles. The Morgan fingerprint density at radius 2 is 2.12 bits per heavy atom. The van der Waals surface area contributed by atoms with Gasteiger partial charge in [0.1, 0.15) is 4.90 Å². The molecule has 0 saturated carbocycles. The third kappa shape index (κ3) is 2.86. The molecule has 1 aliphatic rings. The predicted octanol–water partition coefficient (Wildman–Crippen LogP) is 1.88. The van der Waals surface area contributed by atoms with Gasteiger partial charge in [0.2, 0.25) is 10.0 Å². The lowest BCUT2D eigenvalue weighted by Crippen LogP contribution is -2.38. The molecule has 6 heteroatoms. The van der Waals surface area contributed by atoms with Gasteiger partial charge in [0.15, 0.2) is 0 Å². The summed E-state index contributed by atoms with van der Waals surface area (Å²) in [6.07, 6.45) is 4.83. The molecule has 17 heavy (non-hydrogen) atoms. The number of hydrogen-bond acceptors (Lipinski definition) is 3. The number of piperidine rings is 1. The van der Waals surface area contributed by atoms with E-state index in [2.05, 4.69) is 20.9 Å². The fourth-order valence-corrected chi connectivity index (χ4v) is 4.03. The van der Waals surface area contributed by atoms with Crippen LogP contribution in [0.2, 0.25) is 0 Å². The van der Waals surface area contributed by atoms with E-state index in [0.717, 1.165) is 18.2 Å². The number of hydrogen-bond donors (Lipinski definition) is 0. The molecule has 0 aliphatic carbocycles. The molecule has 0 unspecified atom stereocenters. The van der Waals surface area contributed by atoms with Crippen molar-refractivity contribution in [2.24, 2.45) is 5.92 Å². The second-order valence-corrected chi connectivity index (χ2v) is 6.78. The van der Waals surface area contributed by atoms with Gasteiger partial charge in [-0.3, -0.25) is 4.98 Å². The molecule has 1 aromatic heterocycles. The zero-order chi connectivity index (χ0) is 12.3. The van der Waals surface area contributed by atoms with E-state index in [-0.39, 0.29) is 4.90 Å². The summed E-state index contributed by atoms with van der Waals surface area (Å²) in [4.78, 5) is 4.15. The Bertz CT molecular complexity index is 456. The van der Waals surface area contributed by atoms with Crippen LogP contribution < -0.4 is 0 Å². The van der Waals surface area contributed by atoms with Crippen LogP contribution >= 0.6 is 15.9 Å². The van der Waals surface area contributed by atoms with Gasteiger partial charge >= 0.3 is 0 Å². The van der Waals surface area contributed by atoms with Gasteiger partial charge in [-0.25, -0.2) is 8.42 Å². The molecule has 1 aromatic rings. The minimum Gasteiger partial charge on any atom is -0.263 e. The molecule has 1 fully saturated rings. The normalized spacial score (nSPS) is 19.4. The van der Waals surface area contributed by atoms with Crippen molar-refractivity contribution in [3.8, 4) is 0 Å². The maximum absolute atomic E-state index is 12.3. The highest BCUT2D eigenvalue weighted by molar-refractivity contribution is 9.09. The monoisotopic (exact) mass is 318 g/mol. The average Bonchev–Trinajstić information content (AvgIpc) is 2.40. The van der Waals surface area contributed by atoms with Gasteiger partial charge in [-0.15, -0.1) is 0 Å². The van der Waals surface area contributed by atoms with Crippen LogP contribution in [0.15, 0.2) is 29.4 Å². The number of rotatable bonds is 3. The van der Waals surface area contributed by atoms with Crippen molar-refractivity contribution in [1.29, 1.82) is 0 Å². The average molecular weight is 319 g/mol. The zero-order valence-corrected chi connectivity index (χ0v) is 11.8. The van der Waals surface area contributed by atoms with Gasteiger partial charge in [0.25, 0.3) is 0 Å². The summed E-state index contributed by atoms with van der Waals surface area (Å²) in [6, 6.07) is 3.25. The molecule has 2 heterocycles. The first-order valence-corrected chi connectivity index (χ1v) is 8.17. The third-order valence-electron chi connectivity index (χ3n) is 3.06. The van der Waals surface area contributed by atoms with Crippen molar-refractivity contribution in [3.05, 3.63) is 24.5 Å². The van der Waals surface area contributed by atoms with Gasteiger partial charge in [-0.05, 0) is 30.9 Å². The molecule has 0 amide bonds. The Morgan fingerprint density at radius 1 is 1.41 bits per heavy atom. The van der Waals surface area contributed by atoms with Crippen molar-refractivity contribution in [1.82, 2.24) is 9.29 Å². The molecule has 0 spiro atoms. The van der Waals surface area contributed by atoms with E-state index in [1.165, 1.54) is 6.20 Å². The molecule has 94 valence electrons. The van der Waals surface area contributed by atoms with E-state index in [9.17, 15) is 8.42 Å². The van der Waals surface area contributed by atoms with E-state index in [1.807, 2.05) is 0 Å². The number of pyridine rings is 1. The molecule has 0 N–H and O–H groups in total. The van der Waals surface area contributed by atoms with Crippen LogP contribution in [0.3, 0.4) is 0 Å². The van der Waals surface area contributed by atoms with Crippen LogP contribution in [0, 0.1) is 5.92 Å². The third-order valence-corrected chi connectivity index (χ3v) is 5.86. The van der Waals surface area contributed by atoms with E-state index >= 15 is 0 Å². The summed E-state index contributed by atoms with van der Waals surface area (Å²) in [5, 5.41) is 0.952. The molecule has 0 radical (unpaired) electrons. The molecule has 4 nitrogen and oxygen atoms in total. The molecule has 0 atom stereocenters. The van der Waals surface area contributed by atoms with E-state index < -0.39 is 10.0 Å². The van der Waals surface area contributed by atoms with Gasteiger partial charge in [-0.1, -0.05) is 15.9 Å². The summed E-state index contributed by atoms with van der Waals surface area (Å²) in [5.41, 5.74) is 0. The van der Waals surface area contributed by atoms with Crippen molar-refractivity contribution >= 4 is 26.0 Å². The zero-order valence-electron chi connectivity index (χ0n) is 9.42. The van der Waals surface area contributed by atoms with Crippen LogP contribution in [-0.4, -0.2) is 36.1 Å². The van der Waals surface area contributed by atoms with Gasteiger partial charge < -0.3 is 0 Å². The minimum atomic E-state index is -3.34. The Kier molecular flexibility index (Phi) is 4.17. The first-order valence-electron chi connectivity index (χ1n) is 5.60. The second-order valence-electron chi connectivity index (χ2n) is 4.19. The Morgan fingerprint density at radius 3 is 2.65 bits per heavy atom. The van der Waals surface area contributed by atoms with Crippen molar-refractivity contribution in [2.75, 3.05) is 18.4 Å². The van der Waals surface area contributed by atoms with Crippen LogP contribution in [0.1, 0.15) is 12.8 Å². The van der Waals surface area contributed by atoms with E-state index in [1.54, 1.807) is 22.6 Å². The minimum absolute atomic E-state index is 0.289. The van der Waals surface area contributed by atoms with Crippen molar-refractivity contribution in [3.63, 3.8) is 0 Å². The van der Waals surface area contributed by atoms with Crippen molar-refractivity contribution < 1.29 is 8.42 Å². The number of sulfonamides is 1. The van der Waals surface area contributed by atoms with Crippen LogP contribution in [0.25, 0.3) is 0 Å². The second kappa shape index (κ2) is 5.46. The van der Waals surface area contributed by atoms with Crippen LogP contribution in [-0.2, 0) is 10.0 Å². The number of nitrogens with zero attached hydrogens (tertiary/aromatic N) is 2. The SMILES string of the molecule is O=S(=O)(c1cccnc1)N1CCC(CBr)CC1. The first kappa shape index (κ1) is 13.0. The fraction of sp³-hybridized carbons (Fsp3) is 0.545. The fourth-order valence-electron chi connectivity index (χ4n) is 1.95. The predicted molar refractivity (Wildman–Crippen MR) is 69.5 cm³/mol. The summed E-state index contributed by atoms with van der Waals surface area (Å²) < 4.78 is 26.1. The smallest absolute Gasteiger partial charge is 0.244 e. The number of alkyl halides is 1. The maximum Gasteiger partial charge on any atom is 0.244 e. The molecule has 1 aliphatic heterocycles. The summed E-state index contributed by atoms with van der Waals surface area (Å²) in [5.74, 6) is 0.593. The van der Waals surface area contributed by atoms with Gasteiger partial charge in [-0.2, -0.15) is 4.31 Å². The summed E-state index contributed by atoms with van der Waals surface area (Å²) in [6.45, 7) is 1.21. The van der Waals surface area contributed by atoms with Crippen LogP contribution in [0.5, 0.6) is 0 Å². The molecular formula is C11H15BrN2O2S. The Hall–Kier alpha value is -0.460. The molecule has 1 saturated heterocycles. The Labute approximate surface area is 110 Å². The number of halogens is 1.